The van der Waals surface area contributed by atoms with Gasteiger partial charge in [0.05, 0.1) is 6.10 Å². The van der Waals surface area contributed by atoms with Crippen molar-refractivity contribution in [2.75, 3.05) is 7.11 Å². The Bertz CT molecular complexity index is 745. The monoisotopic (exact) mass is 356 g/mol. The Hall–Kier alpha value is -1.68. The van der Waals surface area contributed by atoms with E-state index in [-0.39, 0.29) is 22.4 Å². The van der Waals surface area contributed by atoms with E-state index in [1.807, 2.05) is 19.3 Å². The minimum Gasteiger partial charge on any atom is -0.422 e. The number of hydrogen-bond acceptors (Lipinski definition) is 4. The normalized spacial score (nSPS) is 43.8. The molecule has 0 spiro atoms. The highest BCUT2D eigenvalue weighted by atomic mass is 16.5. The van der Waals surface area contributed by atoms with Crippen molar-refractivity contribution in [3.63, 3.8) is 0 Å². The first-order chi connectivity index (χ1) is 12.3. The maximum atomic E-state index is 12.3. The summed E-state index contributed by atoms with van der Waals surface area (Å²) >= 11 is 0. The lowest BCUT2D eigenvalue weighted by molar-refractivity contribution is -0.140. The molecule has 0 amide bonds. The number of ether oxygens (including phenoxy) is 2. The van der Waals surface area contributed by atoms with Crippen LogP contribution in [0.5, 0.6) is 0 Å². The predicted octanol–water partition coefficient (Wildman–Crippen LogP) is 3.98. The van der Waals surface area contributed by atoms with Crippen LogP contribution in [-0.2, 0) is 19.1 Å². The molecular formula is C22H28O4. The van der Waals surface area contributed by atoms with Crippen LogP contribution in [0.4, 0.5) is 0 Å². The molecule has 2 saturated carbocycles. The fourth-order valence-electron chi connectivity index (χ4n) is 6.33. The largest absolute Gasteiger partial charge is 0.422 e. The molecule has 4 heteroatoms. The summed E-state index contributed by atoms with van der Waals surface area (Å²) in [4.78, 5) is 23.8. The maximum absolute atomic E-state index is 12.3. The smallest absolute Gasteiger partial charge is 0.308 e. The number of allylic oxidation sites excluding steroid dienone is 5. The van der Waals surface area contributed by atoms with E-state index in [2.05, 4.69) is 19.9 Å². The molecule has 0 saturated heterocycles. The molecule has 0 aromatic heterocycles. The third-order valence-corrected chi connectivity index (χ3v) is 7.66. The summed E-state index contributed by atoms with van der Waals surface area (Å²) in [5.41, 5.74) is 0.835. The van der Waals surface area contributed by atoms with Crippen LogP contribution in [0.25, 0.3) is 0 Å². The second-order valence-electron chi connectivity index (χ2n) is 8.81. The van der Waals surface area contributed by atoms with Gasteiger partial charge in [0.15, 0.2) is 5.76 Å². The van der Waals surface area contributed by atoms with Crippen LogP contribution in [-0.4, -0.2) is 25.0 Å². The van der Waals surface area contributed by atoms with Gasteiger partial charge in [-0.15, -0.1) is 0 Å². The third-order valence-electron chi connectivity index (χ3n) is 7.66. The second kappa shape index (κ2) is 5.91. The van der Waals surface area contributed by atoms with Gasteiger partial charge in [-0.05, 0) is 54.9 Å². The minimum absolute atomic E-state index is 0.211. The number of carbonyl (C=O) groups excluding carboxylic acids is 2. The van der Waals surface area contributed by atoms with Gasteiger partial charge in [-0.25, -0.2) is 0 Å². The highest BCUT2D eigenvalue weighted by Crippen LogP contribution is 2.63. The zero-order chi connectivity index (χ0) is 18.7. The second-order valence-corrected chi connectivity index (χ2v) is 8.81. The Labute approximate surface area is 155 Å². The lowest BCUT2D eigenvalue weighted by Crippen LogP contribution is -2.49. The fourth-order valence-corrected chi connectivity index (χ4v) is 6.33. The molecule has 0 bridgehead atoms. The zero-order valence-corrected chi connectivity index (χ0v) is 16.1. The fraction of sp³-hybridized carbons (Fsp3) is 0.636. The summed E-state index contributed by atoms with van der Waals surface area (Å²) in [6.45, 7) is 5.93. The van der Waals surface area contributed by atoms with Gasteiger partial charge in [0, 0.05) is 25.0 Å². The van der Waals surface area contributed by atoms with Crippen LogP contribution in [0.15, 0.2) is 35.6 Å². The van der Waals surface area contributed by atoms with Gasteiger partial charge in [0.25, 0.3) is 0 Å². The zero-order valence-electron chi connectivity index (χ0n) is 16.1. The SMILES string of the molecule is CO[C@@H]1CC[C@H]2[C@@H]3C=CC4=C(OC(C)=O)C(=O)C=C[C@]4(C)[C@H]3CC[C@]12C. The molecule has 140 valence electrons. The van der Waals surface area contributed by atoms with Crippen molar-refractivity contribution in [3.05, 3.63) is 35.6 Å². The first kappa shape index (κ1) is 17.7. The number of carbonyl (C=O) groups is 2. The van der Waals surface area contributed by atoms with Crippen LogP contribution < -0.4 is 0 Å². The molecule has 2 fully saturated rings. The lowest BCUT2D eigenvalue weighted by atomic mass is 9.50. The number of ketones is 1. The summed E-state index contributed by atoms with van der Waals surface area (Å²) < 4.78 is 11.1. The Morgan fingerprint density at radius 1 is 1.15 bits per heavy atom. The van der Waals surface area contributed by atoms with Gasteiger partial charge >= 0.3 is 5.97 Å². The predicted molar refractivity (Wildman–Crippen MR) is 98.0 cm³/mol. The molecule has 0 aromatic carbocycles. The van der Waals surface area contributed by atoms with Crippen LogP contribution >= 0.6 is 0 Å². The molecule has 4 rings (SSSR count). The van der Waals surface area contributed by atoms with E-state index in [1.54, 1.807) is 6.08 Å². The van der Waals surface area contributed by atoms with E-state index in [0.29, 0.717) is 23.9 Å². The van der Waals surface area contributed by atoms with Crippen LogP contribution in [0.2, 0.25) is 0 Å². The Kier molecular flexibility index (Phi) is 4.03. The van der Waals surface area contributed by atoms with Crippen molar-refractivity contribution in [3.8, 4) is 0 Å². The van der Waals surface area contributed by atoms with Gasteiger partial charge in [-0.3, -0.25) is 9.59 Å². The van der Waals surface area contributed by atoms with E-state index >= 15 is 0 Å². The summed E-state index contributed by atoms with van der Waals surface area (Å²) in [5, 5.41) is 0. The molecule has 0 unspecified atom stereocenters. The van der Waals surface area contributed by atoms with Gasteiger partial charge < -0.3 is 9.47 Å². The van der Waals surface area contributed by atoms with E-state index in [0.717, 1.165) is 24.8 Å². The summed E-state index contributed by atoms with van der Waals surface area (Å²) in [5.74, 6) is 1.06. The highest BCUT2D eigenvalue weighted by molar-refractivity contribution is 6.06. The van der Waals surface area contributed by atoms with Crippen molar-refractivity contribution < 1.29 is 19.1 Å². The molecule has 4 aliphatic rings. The number of hydrogen-bond donors (Lipinski definition) is 0. The Morgan fingerprint density at radius 2 is 1.92 bits per heavy atom. The average molecular weight is 356 g/mol. The summed E-state index contributed by atoms with van der Waals surface area (Å²) in [6.07, 6.45) is 12.8. The number of methoxy groups -OCH3 is 1. The van der Waals surface area contributed by atoms with Crippen LogP contribution in [0, 0.1) is 28.6 Å². The van der Waals surface area contributed by atoms with Crippen LogP contribution in [0.1, 0.15) is 46.5 Å². The lowest BCUT2D eigenvalue weighted by Gasteiger charge is -2.54. The van der Waals surface area contributed by atoms with E-state index in [9.17, 15) is 9.59 Å². The van der Waals surface area contributed by atoms with Crippen molar-refractivity contribution >= 4 is 11.8 Å². The average Bonchev–Trinajstić information content (AvgIpc) is 2.94. The molecule has 4 nitrogen and oxygen atoms in total. The number of rotatable bonds is 2. The first-order valence-electron chi connectivity index (χ1n) is 9.69. The molecule has 0 aliphatic heterocycles. The highest BCUT2D eigenvalue weighted by Gasteiger charge is 2.58. The Balaban J connectivity index is 1.77. The summed E-state index contributed by atoms with van der Waals surface area (Å²) in [6, 6.07) is 0. The van der Waals surface area contributed by atoms with E-state index < -0.39 is 5.97 Å². The molecule has 4 aliphatic carbocycles. The van der Waals surface area contributed by atoms with Crippen molar-refractivity contribution in [1.82, 2.24) is 0 Å². The standard InChI is InChI=1S/C22H28O4/c1-13(23)26-20-17-6-5-14-15-7-8-19(25-4)22(15,3)11-9-16(14)21(17,2)12-10-18(20)24/h5-6,10,12,14-16,19H,7-9,11H2,1-4H3/t14-,15-,16-,19+,21+,22-/m0/s1. The van der Waals surface area contributed by atoms with Gasteiger partial charge in [0.1, 0.15) is 0 Å². The number of esters is 1. The van der Waals surface area contributed by atoms with E-state index in [4.69, 9.17) is 9.47 Å². The molecule has 0 radical (unpaired) electrons. The molecular weight excluding hydrogens is 328 g/mol. The molecule has 6 atom stereocenters. The summed E-state index contributed by atoms with van der Waals surface area (Å²) in [7, 11) is 1.84. The molecule has 0 N–H and O–H groups in total. The topological polar surface area (TPSA) is 52.6 Å². The molecule has 0 aromatic rings. The Morgan fingerprint density at radius 3 is 2.62 bits per heavy atom. The van der Waals surface area contributed by atoms with Gasteiger partial charge in [-0.2, -0.15) is 0 Å². The van der Waals surface area contributed by atoms with Crippen molar-refractivity contribution in [2.45, 2.75) is 52.6 Å². The quantitative estimate of drug-likeness (QED) is 0.703. The van der Waals surface area contributed by atoms with Crippen molar-refractivity contribution in [1.29, 1.82) is 0 Å². The van der Waals surface area contributed by atoms with Gasteiger partial charge in [0.2, 0.25) is 5.78 Å². The number of fused-ring (bicyclic) bond motifs is 5. The van der Waals surface area contributed by atoms with Crippen LogP contribution in [0.3, 0.4) is 0 Å². The minimum atomic E-state index is -0.441. The van der Waals surface area contributed by atoms with Gasteiger partial charge in [-0.1, -0.05) is 32.1 Å². The first-order valence-corrected chi connectivity index (χ1v) is 9.69. The van der Waals surface area contributed by atoms with Crippen molar-refractivity contribution in [2.24, 2.45) is 28.6 Å². The van der Waals surface area contributed by atoms with E-state index in [1.165, 1.54) is 13.3 Å². The molecule has 0 heterocycles. The third kappa shape index (κ3) is 2.31. The maximum Gasteiger partial charge on any atom is 0.308 e. The molecule has 26 heavy (non-hydrogen) atoms.